The number of anilines is 2. The van der Waals surface area contributed by atoms with E-state index in [-0.39, 0.29) is 0 Å². The summed E-state index contributed by atoms with van der Waals surface area (Å²) in [5, 5.41) is 44.5. The van der Waals surface area contributed by atoms with Gasteiger partial charge in [-0.2, -0.15) is 0 Å². The summed E-state index contributed by atoms with van der Waals surface area (Å²) in [6, 6.07) is 6.60. The van der Waals surface area contributed by atoms with Crippen LogP contribution in [0.25, 0.3) is 0 Å². The molecule has 0 fully saturated rings. The second-order valence-electron chi connectivity index (χ2n) is 6.95. The number of non-ortho nitro benzene ring substituents is 2. The summed E-state index contributed by atoms with van der Waals surface area (Å²) in [6.07, 6.45) is 0. The van der Waals surface area contributed by atoms with Gasteiger partial charge in [0.05, 0.1) is 19.7 Å². The van der Waals surface area contributed by atoms with Crippen LogP contribution in [0, 0.1) is 40.5 Å². The molecule has 0 saturated carbocycles. The Bertz CT molecular complexity index is 1600. The number of nitrogens with one attached hydrogen (secondary N) is 2. The van der Waals surface area contributed by atoms with Crippen molar-refractivity contribution in [2.75, 3.05) is 9.44 Å². The highest BCUT2D eigenvalue weighted by Gasteiger charge is 2.31. The third-order valence-electron chi connectivity index (χ3n) is 4.51. The van der Waals surface area contributed by atoms with Crippen molar-refractivity contribution in [3.8, 4) is 0 Å². The number of aromatic nitrogens is 1. The average molecular weight is 569 g/mol. The van der Waals surface area contributed by atoms with Gasteiger partial charge in [-0.15, -0.1) is 0 Å². The highest BCUT2D eigenvalue weighted by molar-refractivity contribution is 7.93. The van der Waals surface area contributed by atoms with Crippen LogP contribution in [0.1, 0.15) is 0 Å². The number of sulfonamides is 2. The molecule has 198 valence electrons. The number of nitro benzene ring substituents is 4. The van der Waals surface area contributed by atoms with Gasteiger partial charge in [0.1, 0.15) is 11.6 Å². The molecule has 0 radical (unpaired) electrons. The summed E-state index contributed by atoms with van der Waals surface area (Å²) in [6.45, 7) is 0. The molecular weight excluding hydrogens is 558 g/mol. The Morgan fingerprint density at radius 1 is 0.579 bits per heavy atom. The maximum absolute atomic E-state index is 12.8. The summed E-state index contributed by atoms with van der Waals surface area (Å²) in [4.78, 5) is 41.8. The van der Waals surface area contributed by atoms with E-state index < -0.39 is 83.9 Å². The molecule has 0 aliphatic heterocycles. The normalized spacial score (nSPS) is 11.4. The van der Waals surface area contributed by atoms with Crippen LogP contribution >= 0.6 is 0 Å². The minimum Gasteiger partial charge on any atom is -0.263 e. The zero-order chi connectivity index (χ0) is 28.4. The minimum atomic E-state index is -4.89. The van der Waals surface area contributed by atoms with E-state index in [9.17, 15) is 57.3 Å². The molecule has 2 aromatic carbocycles. The van der Waals surface area contributed by atoms with Crippen molar-refractivity contribution in [2.45, 2.75) is 9.79 Å². The quantitative estimate of drug-likeness (QED) is 0.262. The number of rotatable bonds is 10. The molecule has 1 aromatic heterocycles. The van der Waals surface area contributed by atoms with Crippen molar-refractivity contribution < 1.29 is 36.5 Å². The van der Waals surface area contributed by atoms with Crippen LogP contribution < -0.4 is 9.44 Å². The Hall–Kier alpha value is -5.31. The van der Waals surface area contributed by atoms with Gasteiger partial charge in [0, 0.05) is 36.4 Å². The first-order chi connectivity index (χ1) is 17.6. The van der Waals surface area contributed by atoms with E-state index in [1.165, 1.54) is 0 Å². The molecule has 1 heterocycles. The Morgan fingerprint density at radius 3 is 1.26 bits per heavy atom. The minimum absolute atomic E-state index is 0.439. The van der Waals surface area contributed by atoms with Crippen LogP contribution in [-0.4, -0.2) is 41.5 Å². The molecule has 0 amide bonds. The Labute approximate surface area is 210 Å². The van der Waals surface area contributed by atoms with Crippen LogP contribution in [-0.2, 0) is 20.0 Å². The van der Waals surface area contributed by atoms with Crippen molar-refractivity contribution in [1.82, 2.24) is 4.98 Å². The van der Waals surface area contributed by atoms with E-state index in [4.69, 9.17) is 0 Å². The Kier molecular flexibility index (Phi) is 7.16. The van der Waals surface area contributed by atoms with Crippen molar-refractivity contribution in [1.29, 1.82) is 0 Å². The molecule has 0 aliphatic carbocycles. The van der Waals surface area contributed by atoms with E-state index >= 15 is 0 Å². The second kappa shape index (κ2) is 9.98. The monoisotopic (exact) mass is 569 g/mol. The van der Waals surface area contributed by atoms with Crippen molar-refractivity contribution in [3.63, 3.8) is 0 Å². The lowest BCUT2D eigenvalue weighted by atomic mass is 10.3. The van der Waals surface area contributed by atoms with Crippen molar-refractivity contribution in [3.05, 3.63) is 95.1 Å². The van der Waals surface area contributed by atoms with E-state index in [2.05, 4.69) is 4.98 Å². The van der Waals surface area contributed by atoms with Crippen LogP contribution in [0.2, 0.25) is 0 Å². The molecule has 19 nitrogen and oxygen atoms in total. The fourth-order valence-corrected chi connectivity index (χ4v) is 5.28. The first kappa shape index (κ1) is 27.3. The summed E-state index contributed by atoms with van der Waals surface area (Å²) in [7, 11) is -9.78. The average Bonchev–Trinajstić information content (AvgIpc) is 2.82. The molecule has 3 rings (SSSR count). The molecule has 0 spiro atoms. The highest BCUT2D eigenvalue weighted by atomic mass is 32.2. The van der Waals surface area contributed by atoms with Crippen LogP contribution in [0.4, 0.5) is 34.4 Å². The number of benzene rings is 2. The van der Waals surface area contributed by atoms with Gasteiger partial charge in [0.15, 0.2) is 9.79 Å². The smallest absolute Gasteiger partial charge is 0.263 e. The Morgan fingerprint density at radius 2 is 0.947 bits per heavy atom. The van der Waals surface area contributed by atoms with Gasteiger partial charge in [0.2, 0.25) is 0 Å². The molecule has 2 N–H and O–H groups in total. The lowest BCUT2D eigenvalue weighted by molar-refractivity contribution is -0.391. The molecule has 38 heavy (non-hydrogen) atoms. The number of nitrogens with zero attached hydrogens (tertiary/aromatic N) is 5. The largest absolute Gasteiger partial charge is 0.290 e. The molecule has 3 aromatic rings. The third kappa shape index (κ3) is 5.73. The van der Waals surface area contributed by atoms with Gasteiger partial charge >= 0.3 is 0 Å². The van der Waals surface area contributed by atoms with Crippen LogP contribution in [0.3, 0.4) is 0 Å². The maximum Gasteiger partial charge on any atom is 0.290 e. The molecule has 0 aliphatic rings. The number of nitro groups is 4. The fourth-order valence-electron chi connectivity index (χ4n) is 2.90. The molecule has 0 saturated heterocycles. The number of hydrogen-bond donors (Lipinski definition) is 2. The van der Waals surface area contributed by atoms with Gasteiger partial charge < -0.3 is 0 Å². The summed E-state index contributed by atoms with van der Waals surface area (Å²) >= 11 is 0. The first-order valence-corrected chi connectivity index (χ1v) is 12.5. The molecule has 0 atom stereocenters. The van der Waals surface area contributed by atoms with Crippen LogP contribution in [0.15, 0.2) is 64.4 Å². The lowest BCUT2D eigenvalue weighted by Crippen LogP contribution is -2.18. The summed E-state index contributed by atoms with van der Waals surface area (Å²) < 4.78 is 54.8. The zero-order valence-corrected chi connectivity index (χ0v) is 19.8. The van der Waals surface area contributed by atoms with E-state index in [1.54, 1.807) is 0 Å². The van der Waals surface area contributed by atoms with E-state index in [0.717, 1.165) is 30.3 Å². The first-order valence-electron chi connectivity index (χ1n) is 9.51. The van der Waals surface area contributed by atoms with E-state index in [1.807, 2.05) is 9.44 Å². The van der Waals surface area contributed by atoms with E-state index in [0.29, 0.717) is 24.3 Å². The van der Waals surface area contributed by atoms with Gasteiger partial charge in [-0.25, -0.2) is 21.8 Å². The number of pyridine rings is 1. The van der Waals surface area contributed by atoms with Crippen LogP contribution in [0.5, 0.6) is 0 Å². The van der Waals surface area contributed by atoms with Crippen molar-refractivity contribution >= 4 is 54.4 Å². The maximum atomic E-state index is 12.8. The summed E-state index contributed by atoms with van der Waals surface area (Å²) in [5.74, 6) is -1.22. The molecular formula is C17H11N7O12S2. The summed E-state index contributed by atoms with van der Waals surface area (Å²) in [5.41, 5.74) is -3.55. The van der Waals surface area contributed by atoms with Crippen molar-refractivity contribution in [2.24, 2.45) is 0 Å². The zero-order valence-electron chi connectivity index (χ0n) is 18.1. The van der Waals surface area contributed by atoms with Gasteiger partial charge in [0.25, 0.3) is 42.8 Å². The standard InChI is InChI=1S/C17H11N7O12S2/c25-21(26)10-4-6-12(23(29)30)14(8-10)37(33,34)19-16-2-1-3-17(18-16)20-38(35,36)15-9-11(22(27)28)5-7-13(15)24(31)32/h1-9H,(H2,18,19,20). The van der Waals surface area contributed by atoms with Gasteiger partial charge in [-0.1, -0.05) is 6.07 Å². The topological polar surface area (TPSA) is 278 Å². The molecule has 21 heteroatoms. The predicted octanol–water partition coefficient (Wildman–Crippen LogP) is 2.32. The SMILES string of the molecule is O=[N+]([O-])c1ccc([N+](=O)[O-])c(S(=O)(=O)Nc2cccc(NS(=O)(=O)c3cc([N+](=O)[O-])ccc3[N+](=O)[O-])n2)c1. The molecule has 0 unspecified atom stereocenters. The lowest BCUT2D eigenvalue weighted by Gasteiger charge is -2.11. The number of hydrogen-bond acceptors (Lipinski definition) is 13. The predicted molar refractivity (Wildman–Crippen MR) is 125 cm³/mol. The van der Waals surface area contributed by atoms with Gasteiger partial charge in [-0.05, 0) is 12.1 Å². The Balaban J connectivity index is 2.00. The van der Waals surface area contributed by atoms with Gasteiger partial charge in [-0.3, -0.25) is 49.9 Å². The second-order valence-corrected chi connectivity index (χ2v) is 10.3. The highest BCUT2D eigenvalue weighted by Crippen LogP contribution is 2.31. The molecule has 0 bridgehead atoms. The fraction of sp³-hybridized carbons (Fsp3) is 0. The third-order valence-corrected chi connectivity index (χ3v) is 7.28.